The molecule has 6 heteroatoms. The lowest BCUT2D eigenvalue weighted by Gasteiger charge is -2.36. The summed E-state index contributed by atoms with van der Waals surface area (Å²) in [6.07, 6.45) is 12.2. The molecule has 1 atom stereocenters. The fraction of sp³-hybridized carbons (Fsp3) is 0.444. The van der Waals surface area contributed by atoms with Gasteiger partial charge in [-0.05, 0) is 69.5 Å². The Balaban J connectivity index is 1.51. The first-order valence-corrected chi connectivity index (χ1v) is 12.8. The zero-order chi connectivity index (χ0) is 23.4. The molecule has 4 rings (SSSR count). The number of fused-ring (bicyclic) bond motifs is 1. The smallest absolute Gasteiger partial charge is 0.142 e. The number of aromatic nitrogens is 1. The van der Waals surface area contributed by atoms with Crippen molar-refractivity contribution in [3.63, 3.8) is 0 Å². The molecule has 2 N–H and O–H groups in total. The van der Waals surface area contributed by atoms with Crippen LogP contribution < -0.4 is 5.73 Å². The summed E-state index contributed by atoms with van der Waals surface area (Å²) in [6, 6.07) is 7.37. The fourth-order valence-electron chi connectivity index (χ4n) is 4.68. The van der Waals surface area contributed by atoms with Crippen LogP contribution in [0.4, 0.5) is 0 Å². The number of hydrogen-bond donors (Lipinski definition) is 1. The maximum Gasteiger partial charge on any atom is 0.142 e. The summed E-state index contributed by atoms with van der Waals surface area (Å²) in [5, 5.41) is 0.982. The Morgan fingerprint density at radius 3 is 2.76 bits per heavy atom. The molecule has 0 amide bonds. The minimum atomic E-state index is 0.0736. The van der Waals surface area contributed by atoms with Gasteiger partial charge in [0.25, 0.3) is 0 Å². The number of benzene rings is 1. The van der Waals surface area contributed by atoms with Gasteiger partial charge in [0.1, 0.15) is 10.8 Å². The van der Waals surface area contributed by atoms with E-state index in [0.717, 1.165) is 37.6 Å². The van der Waals surface area contributed by atoms with Crippen LogP contribution in [-0.4, -0.2) is 54.1 Å². The summed E-state index contributed by atoms with van der Waals surface area (Å²) in [4.78, 5) is 11.0. The van der Waals surface area contributed by atoms with Gasteiger partial charge in [0.05, 0.1) is 16.7 Å². The van der Waals surface area contributed by atoms with E-state index in [1.165, 1.54) is 28.0 Å². The first-order valence-electron chi connectivity index (χ1n) is 11.9. The second-order valence-electron chi connectivity index (χ2n) is 9.13. The molecule has 0 spiro atoms. The molecule has 1 aromatic carbocycles. The van der Waals surface area contributed by atoms with Crippen LogP contribution in [-0.2, 0) is 11.2 Å². The largest absolute Gasteiger partial charge is 0.489 e. The van der Waals surface area contributed by atoms with Gasteiger partial charge in [0.2, 0.25) is 0 Å². The lowest BCUT2D eigenvalue weighted by atomic mass is 10.0. The van der Waals surface area contributed by atoms with Crippen molar-refractivity contribution in [2.45, 2.75) is 45.8 Å². The van der Waals surface area contributed by atoms with Crippen LogP contribution in [0.25, 0.3) is 16.5 Å². The highest BCUT2D eigenvalue weighted by Gasteiger charge is 2.31. The Morgan fingerprint density at radius 2 is 2.03 bits per heavy atom. The Kier molecular flexibility index (Phi) is 7.68. The molecule has 1 aromatic heterocycles. The van der Waals surface area contributed by atoms with Crippen LogP contribution in [0.1, 0.15) is 49.4 Å². The predicted octanol–water partition coefficient (Wildman–Crippen LogP) is 5.23. The maximum absolute atomic E-state index is 6.06. The molecule has 1 aliphatic carbocycles. The third-order valence-corrected chi connectivity index (χ3v) is 7.45. The topological polar surface area (TPSA) is 54.6 Å². The minimum absolute atomic E-state index is 0.0736. The molecule has 0 bridgehead atoms. The molecule has 1 unspecified atom stereocenters. The van der Waals surface area contributed by atoms with Crippen LogP contribution in [0.2, 0.25) is 0 Å². The Bertz CT molecular complexity index is 1040. The molecule has 176 valence electrons. The zero-order valence-corrected chi connectivity index (χ0v) is 21.1. The van der Waals surface area contributed by atoms with E-state index >= 15 is 0 Å². The normalized spacial score (nSPS) is 20.7. The zero-order valence-electron chi connectivity index (χ0n) is 20.3. The van der Waals surface area contributed by atoms with Crippen molar-refractivity contribution in [1.82, 2.24) is 14.8 Å². The average molecular weight is 465 g/mol. The minimum Gasteiger partial charge on any atom is -0.489 e. The number of piperazine rings is 1. The van der Waals surface area contributed by atoms with Crippen LogP contribution >= 0.6 is 11.3 Å². The maximum atomic E-state index is 6.06. The van der Waals surface area contributed by atoms with Gasteiger partial charge in [0.15, 0.2) is 0 Å². The lowest BCUT2D eigenvalue weighted by Crippen LogP contribution is -2.45. The molecular weight excluding hydrogens is 428 g/mol. The average Bonchev–Trinajstić information content (AvgIpc) is 3.45. The monoisotopic (exact) mass is 464 g/mol. The van der Waals surface area contributed by atoms with Crippen molar-refractivity contribution in [2.75, 3.05) is 33.2 Å². The molecule has 2 heterocycles. The molecule has 0 radical (unpaired) electrons. The van der Waals surface area contributed by atoms with E-state index in [1.807, 2.05) is 51.3 Å². The van der Waals surface area contributed by atoms with E-state index in [2.05, 4.69) is 40.0 Å². The highest BCUT2D eigenvalue weighted by Crippen LogP contribution is 2.42. The van der Waals surface area contributed by atoms with Gasteiger partial charge >= 0.3 is 0 Å². The van der Waals surface area contributed by atoms with Crippen molar-refractivity contribution in [1.29, 1.82) is 0 Å². The van der Waals surface area contributed by atoms with E-state index in [-0.39, 0.29) is 6.10 Å². The Morgan fingerprint density at radius 1 is 1.24 bits per heavy atom. The van der Waals surface area contributed by atoms with Gasteiger partial charge in [-0.2, -0.15) is 0 Å². The van der Waals surface area contributed by atoms with Crippen molar-refractivity contribution in [3.05, 3.63) is 70.2 Å². The number of nitrogens with two attached hydrogens (primary N) is 1. The number of likely N-dealkylation sites (N-methyl/N-ethyl adjacent to an activating group) is 1. The molecular formula is C27H36N4OS. The molecule has 2 aromatic rings. The number of hydrogen-bond acceptors (Lipinski definition) is 6. The van der Waals surface area contributed by atoms with E-state index in [0.29, 0.717) is 17.5 Å². The number of thiazole rings is 1. The van der Waals surface area contributed by atoms with Crippen molar-refractivity contribution in [3.8, 4) is 10.4 Å². The predicted molar refractivity (Wildman–Crippen MR) is 139 cm³/mol. The van der Waals surface area contributed by atoms with Gasteiger partial charge < -0.3 is 15.4 Å². The highest BCUT2D eigenvalue weighted by molar-refractivity contribution is 7.15. The van der Waals surface area contributed by atoms with E-state index < -0.39 is 0 Å². The van der Waals surface area contributed by atoms with E-state index in [4.69, 9.17) is 10.5 Å². The number of ether oxygens (including phenoxy) is 1. The number of nitrogens with zero attached hydrogens (tertiary/aromatic N) is 3. The molecule has 5 nitrogen and oxygen atoms in total. The summed E-state index contributed by atoms with van der Waals surface area (Å²) in [7, 11) is 2.22. The van der Waals surface area contributed by atoms with Crippen molar-refractivity contribution in [2.24, 2.45) is 5.73 Å². The molecule has 1 aliphatic heterocycles. The summed E-state index contributed by atoms with van der Waals surface area (Å²) in [6.45, 7) is 10.6. The lowest BCUT2D eigenvalue weighted by molar-refractivity contribution is 0.111. The van der Waals surface area contributed by atoms with Gasteiger partial charge in [-0.3, -0.25) is 4.90 Å². The summed E-state index contributed by atoms with van der Waals surface area (Å²) >= 11 is 1.73. The van der Waals surface area contributed by atoms with Crippen molar-refractivity contribution >= 4 is 17.4 Å². The quantitative estimate of drug-likeness (QED) is 0.449. The standard InChI is InChI=1S/C27H36N4OS/c1-5-23(28)25(32-19(2)3)10-7-11-27-29-18-26(33-27)22-9-6-8-21-20(22)12-13-24(21)31-16-14-30(4)15-17-31/h5-11,18-19,24H,12-17,28H2,1-4H3/b11-7+,23-5+,25-10+. The summed E-state index contributed by atoms with van der Waals surface area (Å²) < 4.78 is 5.82. The highest BCUT2D eigenvalue weighted by atomic mass is 32.1. The fourth-order valence-corrected chi connectivity index (χ4v) is 5.57. The number of allylic oxidation sites excluding steroid dienone is 3. The summed E-state index contributed by atoms with van der Waals surface area (Å²) in [5.74, 6) is 0.691. The molecule has 0 saturated carbocycles. The third-order valence-electron chi connectivity index (χ3n) is 6.45. The van der Waals surface area contributed by atoms with Crippen molar-refractivity contribution < 1.29 is 4.74 Å². The SMILES string of the molecule is C\C=C(N)/C(=C\C=C\c1ncc(-c2cccc3c2CCC3N2CCN(C)CC2)s1)OC(C)C. The molecule has 1 fully saturated rings. The van der Waals surface area contributed by atoms with Gasteiger partial charge in [-0.1, -0.05) is 30.4 Å². The van der Waals surface area contributed by atoms with Crippen LogP contribution in [0, 0.1) is 0 Å². The first kappa shape index (κ1) is 23.7. The third kappa shape index (κ3) is 5.57. The van der Waals surface area contributed by atoms with E-state index in [1.54, 1.807) is 11.3 Å². The Hall–Kier alpha value is -2.41. The first-order chi connectivity index (χ1) is 16.0. The molecule has 33 heavy (non-hydrogen) atoms. The molecule has 2 aliphatic rings. The van der Waals surface area contributed by atoms with Gasteiger partial charge in [-0.25, -0.2) is 4.98 Å². The summed E-state index contributed by atoms with van der Waals surface area (Å²) in [5.41, 5.74) is 11.1. The second kappa shape index (κ2) is 10.7. The van der Waals surface area contributed by atoms with Gasteiger partial charge in [-0.15, -0.1) is 11.3 Å². The van der Waals surface area contributed by atoms with Crippen LogP contribution in [0.3, 0.4) is 0 Å². The van der Waals surface area contributed by atoms with Crippen LogP contribution in [0.5, 0.6) is 0 Å². The Labute approximate surface area is 202 Å². The second-order valence-corrected chi connectivity index (χ2v) is 10.2. The van der Waals surface area contributed by atoms with Gasteiger partial charge in [0, 0.05) is 38.4 Å². The van der Waals surface area contributed by atoms with E-state index in [9.17, 15) is 0 Å². The molecule has 1 saturated heterocycles. The van der Waals surface area contributed by atoms with Crippen LogP contribution in [0.15, 0.2) is 54.1 Å². The number of rotatable bonds is 7.